The minimum atomic E-state index is -1.67. The van der Waals surface area contributed by atoms with Gasteiger partial charge in [0.05, 0.1) is 23.4 Å². The highest BCUT2D eigenvalue weighted by Gasteiger charge is 2.27. The molecule has 0 radical (unpaired) electrons. The zero-order valence-corrected chi connectivity index (χ0v) is 14.6. The van der Waals surface area contributed by atoms with Gasteiger partial charge in [0.2, 0.25) is 5.95 Å². The number of halogens is 2. The molecule has 1 saturated carbocycles. The van der Waals surface area contributed by atoms with Crippen molar-refractivity contribution in [2.75, 3.05) is 5.32 Å². The summed E-state index contributed by atoms with van der Waals surface area (Å²) in [6.07, 6.45) is 5.29. The van der Waals surface area contributed by atoms with Crippen LogP contribution in [0.25, 0.3) is 22.6 Å². The van der Waals surface area contributed by atoms with Crippen LogP contribution < -0.4 is 5.32 Å². The van der Waals surface area contributed by atoms with E-state index in [4.69, 9.17) is 0 Å². The summed E-state index contributed by atoms with van der Waals surface area (Å²) in [5.74, 6) is -1.49. The van der Waals surface area contributed by atoms with E-state index in [-0.39, 0.29) is 5.82 Å². The molecule has 1 N–H and O–H groups in total. The molecule has 7 heteroatoms. The summed E-state index contributed by atoms with van der Waals surface area (Å²) in [5.41, 5.74) is 2.34. The number of benzene rings is 1. The molecular formula is C19H19F2N5. The number of alkyl halides is 1. The Labute approximate surface area is 150 Å². The van der Waals surface area contributed by atoms with Gasteiger partial charge >= 0.3 is 0 Å². The number of hydrogen-bond acceptors (Lipinski definition) is 4. The maximum absolute atomic E-state index is 14.8. The third kappa shape index (κ3) is 3.29. The molecule has 0 spiro atoms. The lowest BCUT2D eigenvalue weighted by molar-refractivity contribution is 0.122. The van der Waals surface area contributed by atoms with Gasteiger partial charge in [-0.3, -0.25) is 4.57 Å². The first-order valence-electron chi connectivity index (χ1n) is 8.54. The number of hydrogen-bond donors (Lipinski definition) is 1. The van der Waals surface area contributed by atoms with Crippen LogP contribution in [0, 0.1) is 5.82 Å². The number of anilines is 1. The predicted octanol–water partition coefficient (Wildman–Crippen LogP) is 4.38. The zero-order valence-electron chi connectivity index (χ0n) is 14.6. The molecule has 1 aromatic carbocycles. The Morgan fingerprint density at radius 3 is 2.50 bits per heavy atom. The quantitative estimate of drug-likeness (QED) is 0.738. The fourth-order valence-corrected chi connectivity index (χ4v) is 2.79. The fraction of sp³-hybridized carbons (Fsp3) is 0.316. The molecule has 0 aliphatic heterocycles. The molecular weight excluding hydrogens is 336 g/mol. The Morgan fingerprint density at radius 1 is 1.12 bits per heavy atom. The second kappa shape index (κ2) is 6.16. The maximum Gasteiger partial charge on any atom is 0.223 e. The van der Waals surface area contributed by atoms with Crippen molar-refractivity contribution >= 4 is 5.95 Å². The summed E-state index contributed by atoms with van der Waals surface area (Å²) in [5, 5.41) is 3.25. The Bertz CT molecular complexity index is 924. The number of nitrogens with zero attached hydrogens (tertiary/aromatic N) is 4. The van der Waals surface area contributed by atoms with Crippen molar-refractivity contribution < 1.29 is 8.78 Å². The molecule has 5 nitrogen and oxygen atoms in total. The number of aromatic nitrogens is 4. The normalized spacial score (nSPS) is 14.5. The first kappa shape index (κ1) is 16.6. The fourth-order valence-electron chi connectivity index (χ4n) is 2.79. The molecule has 1 aliphatic rings. The molecule has 0 bridgehead atoms. The molecule has 0 atom stereocenters. The first-order chi connectivity index (χ1) is 12.4. The smallest absolute Gasteiger partial charge is 0.223 e. The highest BCUT2D eigenvalue weighted by Crippen LogP contribution is 2.35. The lowest BCUT2D eigenvalue weighted by atomic mass is 10.1. The highest BCUT2D eigenvalue weighted by atomic mass is 19.1. The van der Waals surface area contributed by atoms with Gasteiger partial charge in [0.1, 0.15) is 5.82 Å². The van der Waals surface area contributed by atoms with E-state index in [0.717, 1.165) is 12.8 Å². The standard InChI is InChI=1S/C19H19F2N5/c1-19(2,21)26-11-23-16(12-3-5-13(20)6-4-12)17(26)15-9-10-22-18(25-15)24-14-7-8-14/h3-6,9-11,14H,7-8H2,1-2H3,(H,22,24,25). The van der Waals surface area contributed by atoms with Crippen LogP contribution in [0.4, 0.5) is 14.7 Å². The molecule has 2 heterocycles. The topological polar surface area (TPSA) is 55.6 Å². The summed E-state index contributed by atoms with van der Waals surface area (Å²) in [4.78, 5) is 13.2. The third-order valence-corrected chi connectivity index (χ3v) is 4.27. The van der Waals surface area contributed by atoms with Crippen molar-refractivity contribution in [3.63, 3.8) is 0 Å². The van der Waals surface area contributed by atoms with Crippen LogP contribution in [-0.4, -0.2) is 25.6 Å². The van der Waals surface area contributed by atoms with E-state index in [9.17, 15) is 8.78 Å². The number of nitrogens with one attached hydrogen (secondary N) is 1. The van der Waals surface area contributed by atoms with Crippen LogP contribution in [0.15, 0.2) is 42.9 Å². The van der Waals surface area contributed by atoms with Gasteiger partial charge in [0, 0.05) is 17.8 Å². The van der Waals surface area contributed by atoms with Crippen LogP contribution in [0.2, 0.25) is 0 Å². The molecule has 134 valence electrons. The van der Waals surface area contributed by atoms with E-state index in [1.54, 1.807) is 24.4 Å². The summed E-state index contributed by atoms with van der Waals surface area (Å²) in [7, 11) is 0. The molecule has 0 saturated heterocycles. The van der Waals surface area contributed by atoms with E-state index in [0.29, 0.717) is 34.6 Å². The second-order valence-corrected chi connectivity index (χ2v) is 6.91. The van der Waals surface area contributed by atoms with Crippen LogP contribution >= 0.6 is 0 Å². The molecule has 3 aromatic rings. The monoisotopic (exact) mass is 355 g/mol. The van der Waals surface area contributed by atoms with E-state index in [1.165, 1.54) is 36.9 Å². The lowest BCUT2D eigenvalue weighted by Gasteiger charge is -2.20. The number of imidazole rings is 1. The van der Waals surface area contributed by atoms with Crippen LogP contribution in [0.3, 0.4) is 0 Å². The lowest BCUT2D eigenvalue weighted by Crippen LogP contribution is -2.20. The Morgan fingerprint density at radius 2 is 1.85 bits per heavy atom. The summed E-state index contributed by atoms with van der Waals surface area (Å²) in [6.45, 7) is 2.91. The minimum absolute atomic E-state index is 0.335. The maximum atomic E-state index is 14.8. The van der Waals surface area contributed by atoms with Gasteiger partial charge in [-0.05, 0) is 57.0 Å². The average molecular weight is 355 g/mol. The van der Waals surface area contributed by atoms with Gasteiger partial charge < -0.3 is 5.32 Å². The molecule has 4 rings (SSSR count). The largest absolute Gasteiger partial charge is 0.351 e. The zero-order chi connectivity index (χ0) is 18.3. The van der Waals surface area contributed by atoms with E-state index < -0.39 is 5.79 Å². The van der Waals surface area contributed by atoms with Crippen molar-refractivity contribution in [1.82, 2.24) is 19.5 Å². The molecule has 1 aliphatic carbocycles. The van der Waals surface area contributed by atoms with Crippen molar-refractivity contribution in [3.05, 3.63) is 48.7 Å². The predicted molar refractivity (Wildman–Crippen MR) is 95.7 cm³/mol. The third-order valence-electron chi connectivity index (χ3n) is 4.27. The molecule has 26 heavy (non-hydrogen) atoms. The molecule has 2 aromatic heterocycles. The average Bonchev–Trinajstić information content (AvgIpc) is 3.28. The van der Waals surface area contributed by atoms with Gasteiger partial charge in [0.15, 0.2) is 5.79 Å². The van der Waals surface area contributed by atoms with Crippen LogP contribution in [-0.2, 0) is 5.79 Å². The Balaban J connectivity index is 1.85. The summed E-state index contributed by atoms with van der Waals surface area (Å²) >= 11 is 0. The molecule has 0 unspecified atom stereocenters. The van der Waals surface area contributed by atoms with E-state index >= 15 is 0 Å². The summed E-state index contributed by atoms with van der Waals surface area (Å²) < 4.78 is 29.5. The Kier molecular flexibility index (Phi) is 3.94. The van der Waals surface area contributed by atoms with Crippen LogP contribution in [0.1, 0.15) is 26.7 Å². The Hall–Kier alpha value is -2.83. The number of rotatable bonds is 5. The summed E-state index contributed by atoms with van der Waals surface area (Å²) in [6, 6.07) is 8.11. The second-order valence-electron chi connectivity index (χ2n) is 6.91. The van der Waals surface area contributed by atoms with Crippen molar-refractivity contribution in [2.45, 2.75) is 38.5 Å². The van der Waals surface area contributed by atoms with Crippen molar-refractivity contribution in [2.24, 2.45) is 0 Å². The van der Waals surface area contributed by atoms with E-state index in [2.05, 4.69) is 20.3 Å². The molecule has 0 amide bonds. The van der Waals surface area contributed by atoms with Crippen molar-refractivity contribution in [1.29, 1.82) is 0 Å². The molecule has 1 fully saturated rings. The van der Waals surface area contributed by atoms with Gasteiger partial charge in [-0.15, -0.1) is 0 Å². The van der Waals surface area contributed by atoms with Gasteiger partial charge in [-0.25, -0.2) is 23.7 Å². The minimum Gasteiger partial charge on any atom is -0.351 e. The van der Waals surface area contributed by atoms with Crippen LogP contribution in [0.5, 0.6) is 0 Å². The van der Waals surface area contributed by atoms with Crippen molar-refractivity contribution in [3.8, 4) is 22.6 Å². The van der Waals surface area contributed by atoms with Gasteiger partial charge in [-0.1, -0.05) is 0 Å². The SMILES string of the molecule is CC(C)(F)n1cnc(-c2ccc(F)cc2)c1-c1ccnc(NC2CC2)n1. The first-order valence-corrected chi connectivity index (χ1v) is 8.54. The van der Waals surface area contributed by atoms with Gasteiger partial charge in [-0.2, -0.15) is 0 Å². The van der Waals surface area contributed by atoms with E-state index in [1.807, 2.05) is 0 Å². The van der Waals surface area contributed by atoms with Gasteiger partial charge in [0.25, 0.3) is 0 Å². The highest BCUT2D eigenvalue weighted by molar-refractivity contribution is 5.77.